The zero-order chi connectivity index (χ0) is 20.9. The van der Waals surface area contributed by atoms with Crippen LogP contribution in [-0.2, 0) is 6.54 Å². The van der Waals surface area contributed by atoms with Crippen molar-refractivity contribution in [3.63, 3.8) is 0 Å². The number of nitrogens with one attached hydrogen (secondary N) is 1. The molecule has 0 radical (unpaired) electrons. The van der Waals surface area contributed by atoms with Gasteiger partial charge in [0, 0.05) is 18.8 Å². The van der Waals surface area contributed by atoms with Crippen molar-refractivity contribution in [3.05, 3.63) is 78.0 Å². The Morgan fingerprint density at radius 1 is 1.00 bits per heavy atom. The second-order valence-corrected chi connectivity index (χ2v) is 5.89. The smallest absolute Gasteiger partial charge is 0.457 e. The first kappa shape index (κ1) is 20.0. The van der Waals surface area contributed by atoms with Crippen LogP contribution in [0.25, 0.3) is 0 Å². The largest absolute Gasteiger partial charge is 0.573 e. The quantitative estimate of drug-likeness (QED) is 0.641. The first-order valence-corrected chi connectivity index (χ1v) is 8.41. The molecule has 0 aliphatic heterocycles. The van der Waals surface area contributed by atoms with Crippen molar-refractivity contribution >= 4 is 11.7 Å². The van der Waals surface area contributed by atoms with Crippen molar-refractivity contribution < 1.29 is 27.4 Å². The molecule has 0 spiro atoms. The number of aromatic nitrogens is 1. The number of benzene rings is 2. The van der Waals surface area contributed by atoms with Gasteiger partial charge in [0.2, 0.25) is 0 Å². The van der Waals surface area contributed by atoms with Crippen molar-refractivity contribution in [1.29, 1.82) is 0 Å². The van der Waals surface area contributed by atoms with E-state index in [1.165, 1.54) is 24.4 Å². The highest BCUT2D eigenvalue weighted by Crippen LogP contribution is 2.29. The minimum atomic E-state index is -4.78. The van der Waals surface area contributed by atoms with Gasteiger partial charge in [0.25, 0.3) is 5.91 Å². The topological polar surface area (TPSA) is 86.5 Å². The van der Waals surface area contributed by atoms with Crippen LogP contribution < -0.4 is 20.5 Å². The molecule has 150 valence electrons. The summed E-state index contributed by atoms with van der Waals surface area (Å²) < 4.78 is 46.5. The minimum Gasteiger partial charge on any atom is -0.457 e. The van der Waals surface area contributed by atoms with Crippen LogP contribution in [0.3, 0.4) is 0 Å². The summed E-state index contributed by atoms with van der Waals surface area (Å²) in [5, 5.41) is 2.72. The molecule has 0 saturated carbocycles. The second-order valence-electron chi connectivity index (χ2n) is 5.89. The van der Waals surface area contributed by atoms with Gasteiger partial charge < -0.3 is 20.5 Å². The maximum Gasteiger partial charge on any atom is 0.573 e. The normalized spacial score (nSPS) is 11.0. The molecule has 1 heterocycles. The lowest BCUT2D eigenvalue weighted by molar-refractivity contribution is -0.274. The monoisotopic (exact) mass is 403 g/mol. The molecule has 29 heavy (non-hydrogen) atoms. The average molecular weight is 403 g/mol. The van der Waals surface area contributed by atoms with Crippen LogP contribution >= 0.6 is 0 Å². The summed E-state index contributed by atoms with van der Waals surface area (Å²) in [5.41, 5.74) is 6.67. The van der Waals surface area contributed by atoms with Crippen LogP contribution in [0.4, 0.5) is 19.0 Å². The van der Waals surface area contributed by atoms with Crippen molar-refractivity contribution in [3.8, 4) is 17.2 Å². The summed E-state index contributed by atoms with van der Waals surface area (Å²) in [5.74, 6) is -0.0627. The number of ether oxygens (including phenoxy) is 2. The summed E-state index contributed by atoms with van der Waals surface area (Å²) in [6.45, 7) is 0.196. The molecule has 9 heteroatoms. The fourth-order valence-corrected chi connectivity index (χ4v) is 2.48. The maximum atomic E-state index is 12.3. The van der Waals surface area contributed by atoms with Crippen molar-refractivity contribution in [1.82, 2.24) is 10.3 Å². The summed E-state index contributed by atoms with van der Waals surface area (Å²) in [4.78, 5) is 16.1. The van der Waals surface area contributed by atoms with E-state index in [-0.39, 0.29) is 35.3 Å². The van der Waals surface area contributed by atoms with E-state index in [2.05, 4.69) is 15.0 Å². The molecule has 6 nitrogen and oxygen atoms in total. The standard InChI is InChI=1S/C20H16F3N3O3/c21-20(22,23)29-16-7-2-6-15(11-16)28-14-5-1-4-13(10-14)12-26-19(27)17-8-3-9-25-18(17)24/h1-11H,12H2,(H2,24,25)(H,26,27). The number of amides is 1. The molecule has 0 bridgehead atoms. The van der Waals surface area contributed by atoms with E-state index in [1.54, 1.807) is 36.4 Å². The first-order valence-electron chi connectivity index (χ1n) is 8.41. The number of rotatable bonds is 6. The highest BCUT2D eigenvalue weighted by Gasteiger charge is 2.31. The van der Waals surface area contributed by atoms with Gasteiger partial charge in [-0.2, -0.15) is 0 Å². The third kappa shape index (κ3) is 5.86. The summed E-state index contributed by atoms with van der Waals surface area (Å²) >= 11 is 0. The zero-order valence-electron chi connectivity index (χ0n) is 14.9. The van der Waals surface area contributed by atoms with Gasteiger partial charge in [-0.15, -0.1) is 13.2 Å². The van der Waals surface area contributed by atoms with Gasteiger partial charge in [0.1, 0.15) is 23.1 Å². The molecule has 3 rings (SSSR count). The van der Waals surface area contributed by atoms with E-state index in [0.29, 0.717) is 5.75 Å². The molecule has 0 unspecified atom stereocenters. The summed E-state index contributed by atoms with van der Waals surface area (Å²) in [6.07, 6.45) is -3.30. The van der Waals surface area contributed by atoms with E-state index >= 15 is 0 Å². The number of alkyl halides is 3. The van der Waals surface area contributed by atoms with Gasteiger partial charge in [-0.05, 0) is 42.0 Å². The first-order chi connectivity index (χ1) is 13.8. The molecular formula is C20H16F3N3O3. The Balaban J connectivity index is 1.65. The Hall–Kier alpha value is -3.75. The van der Waals surface area contributed by atoms with Gasteiger partial charge in [0.15, 0.2) is 0 Å². The predicted octanol–water partition coefficient (Wildman–Crippen LogP) is 4.28. The van der Waals surface area contributed by atoms with Gasteiger partial charge >= 0.3 is 6.36 Å². The Labute approximate surface area is 164 Å². The van der Waals surface area contributed by atoms with E-state index < -0.39 is 6.36 Å². The SMILES string of the molecule is Nc1ncccc1C(=O)NCc1cccc(Oc2cccc(OC(F)(F)F)c2)c1. The minimum absolute atomic E-state index is 0.128. The van der Waals surface area contributed by atoms with Gasteiger partial charge in [-0.25, -0.2) is 4.98 Å². The Morgan fingerprint density at radius 2 is 1.69 bits per heavy atom. The molecule has 0 saturated heterocycles. The van der Waals surface area contributed by atoms with Gasteiger partial charge in [0.05, 0.1) is 5.56 Å². The predicted molar refractivity (Wildman–Crippen MR) is 99.5 cm³/mol. The van der Waals surface area contributed by atoms with Crippen molar-refractivity contribution in [2.24, 2.45) is 0 Å². The van der Waals surface area contributed by atoms with Gasteiger partial charge in [-0.3, -0.25) is 4.79 Å². The Kier molecular flexibility index (Phi) is 5.87. The molecular weight excluding hydrogens is 387 g/mol. The molecule has 1 amide bonds. The lowest BCUT2D eigenvalue weighted by Crippen LogP contribution is -2.24. The number of hydrogen-bond acceptors (Lipinski definition) is 5. The zero-order valence-corrected chi connectivity index (χ0v) is 14.9. The second kappa shape index (κ2) is 8.51. The van der Waals surface area contributed by atoms with Gasteiger partial charge in [-0.1, -0.05) is 18.2 Å². The number of nitrogens with two attached hydrogens (primary N) is 1. The lowest BCUT2D eigenvalue weighted by Gasteiger charge is -2.12. The maximum absolute atomic E-state index is 12.3. The van der Waals surface area contributed by atoms with E-state index in [0.717, 1.165) is 11.6 Å². The molecule has 1 aromatic heterocycles. The van der Waals surface area contributed by atoms with Crippen LogP contribution in [0.2, 0.25) is 0 Å². The van der Waals surface area contributed by atoms with Crippen LogP contribution in [0, 0.1) is 0 Å². The fraction of sp³-hybridized carbons (Fsp3) is 0.100. The number of nitrogen functional groups attached to an aromatic ring is 1. The Morgan fingerprint density at radius 3 is 2.41 bits per heavy atom. The number of carbonyl (C=O) groups excluding carboxylic acids is 1. The van der Waals surface area contributed by atoms with Crippen LogP contribution in [0.1, 0.15) is 15.9 Å². The highest BCUT2D eigenvalue weighted by molar-refractivity contribution is 5.98. The highest BCUT2D eigenvalue weighted by atomic mass is 19.4. The molecule has 2 aromatic carbocycles. The average Bonchev–Trinajstić information content (AvgIpc) is 2.66. The number of halogens is 3. The van der Waals surface area contributed by atoms with Crippen LogP contribution in [0.15, 0.2) is 66.9 Å². The molecule has 3 aromatic rings. The molecule has 0 fully saturated rings. The lowest BCUT2D eigenvalue weighted by atomic mass is 10.2. The van der Waals surface area contributed by atoms with Crippen molar-refractivity contribution in [2.75, 3.05) is 5.73 Å². The van der Waals surface area contributed by atoms with Crippen LogP contribution in [0.5, 0.6) is 17.2 Å². The third-order valence-electron chi connectivity index (χ3n) is 3.71. The summed E-state index contributed by atoms with van der Waals surface area (Å²) in [6, 6.07) is 15.1. The number of pyridine rings is 1. The Bertz CT molecular complexity index is 1010. The number of carbonyl (C=O) groups is 1. The van der Waals surface area contributed by atoms with E-state index in [9.17, 15) is 18.0 Å². The fourth-order valence-electron chi connectivity index (χ4n) is 2.48. The van der Waals surface area contributed by atoms with Crippen molar-refractivity contribution in [2.45, 2.75) is 12.9 Å². The number of anilines is 1. The molecule has 0 atom stereocenters. The van der Waals surface area contributed by atoms with E-state index in [1.807, 2.05) is 0 Å². The third-order valence-corrected chi connectivity index (χ3v) is 3.71. The molecule has 3 N–H and O–H groups in total. The van der Waals surface area contributed by atoms with E-state index in [4.69, 9.17) is 10.5 Å². The van der Waals surface area contributed by atoms with Crippen LogP contribution in [-0.4, -0.2) is 17.3 Å². The number of hydrogen-bond donors (Lipinski definition) is 2. The summed E-state index contributed by atoms with van der Waals surface area (Å²) in [7, 11) is 0. The number of nitrogens with zero attached hydrogens (tertiary/aromatic N) is 1. The molecule has 0 aliphatic rings. The molecule has 0 aliphatic carbocycles.